The molecule has 1 N–H and O–H groups in total. The molecule has 0 unspecified atom stereocenters. The van der Waals surface area contributed by atoms with E-state index in [-0.39, 0.29) is 17.1 Å². The van der Waals surface area contributed by atoms with E-state index in [0.717, 1.165) is 17.8 Å². The molecule has 4 bridgehead atoms. The molecule has 0 saturated heterocycles. The summed E-state index contributed by atoms with van der Waals surface area (Å²) in [7, 11) is 2.07. The number of nitro groups is 1. The summed E-state index contributed by atoms with van der Waals surface area (Å²) < 4.78 is 0. The van der Waals surface area contributed by atoms with E-state index in [1.54, 1.807) is 12.1 Å². The molecule has 134 valence electrons. The van der Waals surface area contributed by atoms with Gasteiger partial charge in [-0.25, -0.2) is 0 Å². The highest BCUT2D eigenvalue weighted by atomic mass is 16.6. The smallest absolute Gasteiger partial charge is 0.271 e. The molecule has 0 spiro atoms. The van der Waals surface area contributed by atoms with Gasteiger partial charge in [-0.05, 0) is 69.4 Å². The summed E-state index contributed by atoms with van der Waals surface area (Å²) in [6.45, 7) is 0.342. The van der Waals surface area contributed by atoms with Crippen LogP contribution in [-0.2, 0) is 4.79 Å². The van der Waals surface area contributed by atoms with Gasteiger partial charge in [-0.15, -0.1) is 0 Å². The van der Waals surface area contributed by atoms with E-state index >= 15 is 0 Å². The molecular weight excluding hydrogens is 318 g/mol. The molecule has 0 radical (unpaired) electrons. The lowest BCUT2D eigenvalue weighted by molar-refractivity contribution is -0.384. The average Bonchev–Trinajstić information content (AvgIpc) is 2.53. The summed E-state index contributed by atoms with van der Waals surface area (Å²) in [5.74, 6) is 2.43. The van der Waals surface area contributed by atoms with Crippen molar-refractivity contribution in [1.29, 1.82) is 0 Å². The Balaban J connectivity index is 1.41. The molecule has 1 amide bonds. The fourth-order valence-electron chi connectivity index (χ4n) is 5.81. The minimum Gasteiger partial charge on any atom is -0.325 e. The maximum atomic E-state index is 12.5. The molecule has 25 heavy (non-hydrogen) atoms. The molecule has 0 heterocycles. The van der Waals surface area contributed by atoms with Gasteiger partial charge in [0.2, 0.25) is 5.91 Å². The predicted octanol–water partition coefficient (Wildman–Crippen LogP) is 3.43. The molecule has 4 fully saturated rings. The zero-order chi connectivity index (χ0) is 17.6. The number of anilines is 1. The van der Waals surface area contributed by atoms with E-state index in [2.05, 4.69) is 17.3 Å². The largest absolute Gasteiger partial charge is 0.325 e. The van der Waals surface area contributed by atoms with Crippen molar-refractivity contribution in [2.24, 2.45) is 17.8 Å². The Hall–Kier alpha value is -1.95. The lowest BCUT2D eigenvalue weighted by atomic mass is 9.52. The van der Waals surface area contributed by atoms with Crippen molar-refractivity contribution in [2.45, 2.75) is 44.1 Å². The third-order valence-electron chi connectivity index (χ3n) is 6.54. The zero-order valence-corrected chi connectivity index (χ0v) is 14.6. The number of carbonyl (C=O) groups excluding carboxylic acids is 1. The highest BCUT2D eigenvalue weighted by Crippen LogP contribution is 2.57. The maximum absolute atomic E-state index is 12.5. The molecule has 1 aromatic rings. The van der Waals surface area contributed by atoms with Crippen LogP contribution in [0.4, 0.5) is 11.4 Å². The predicted molar refractivity (Wildman–Crippen MR) is 95.3 cm³/mol. The number of non-ortho nitro benzene ring substituents is 1. The van der Waals surface area contributed by atoms with Gasteiger partial charge in [-0.3, -0.25) is 19.8 Å². The number of likely N-dealkylation sites (N-methyl/N-ethyl adjacent to an activating group) is 1. The summed E-state index contributed by atoms with van der Waals surface area (Å²) in [4.78, 5) is 25.1. The Labute approximate surface area is 147 Å². The molecule has 0 atom stereocenters. The minimum absolute atomic E-state index is 0.00719. The second kappa shape index (κ2) is 6.09. The van der Waals surface area contributed by atoms with Crippen molar-refractivity contribution in [3.05, 3.63) is 34.4 Å². The number of amides is 1. The van der Waals surface area contributed by atoms with Crippen LogP contribution in [0.5, 0.6) is 0 Å². The van der Waals surface area contributed by atoms with Crippen molar-refractivity contribution in [3.63, 3.8) is 0 Å². The first-order valence-corrected chi connectivity index (χ1v) is 9.19. The maximum Gasteiger partial charge on any atom is 0.271 e. The number of carbonyl (C=O) groups is 1. The van der Waals surface area contributed by atoms with Crippen molar-refractivity contribution in [1.82, 2.24) is 4.90 Å². The Kier molecular flexibility index (Phi) is 4.02. The quantitative estimate of drug-likeness (QED) is 0.656. The van der Waals surface area contributed by atoms with Crippen LogP contribution < -0.4 is 5.32 Å². The minimum atomic E-state index is -0.447. The van der Waals surface area contributed by atoms with Gasteiger partial charge in [-0.2, -0.15) is 0 Å². The summed E-state index contributed by atoms with van der Waals surface area (Å²) in [6.07, 6.45) is 7.81. The van der Waals surface area contributed by atoms with Gasteiger partial charge < -0.3 is 5.32 Å². The third kappa shape index (κ3) is 3.15. The number of nitrogens with zero attached hydrogens (tertiary/aromatic N) is 2. The summed E-state index contributed by atoms with van der Waals surface area (Å²) in [6, 6.07) is 6.12. The molecule has 6 heteroatoms. The van der Waals surface area contributed by atoms with E-state index in [1.807, 2.05) is 0 Å². The number of hydrogen-bond acceptors (Lipinski definition) is 4. The van der Waals surface area contributed by atoms with Gasteiger partial charge in [0.1, 0.15) is 0 Å². The summed E-state index contributed by atoms with van der Waals surface area (Å²) in [5, 5.41) is 13.7. The van der Waals surface area contributed by atoms with Crippen molar-refractivity contribution >= 4 is 17.3 Å². The lowest BCUT2D eigenvalue weighted by Crippen LogP contribution is -2.59. The van der Waals surface area contributed by atoms with Crippen LogP contribution in [0.1, 0.15) is 38.5 Å². The normalized spacial score (nSPS) is 32.8. The molecule has 4 aliphatic carbocycles. The summed E-state index contributed by atoms with van der Waals surface area (Å²) in [5.41, 5.74) is 0.666. The Bertz CT molecular complexity index is 668. The standard InChI is InChI=1S/C19H25N3O3/c1-21(19-9-13-5-14(10-19)7-15(6-13)11-19)12-18(23)20-16-3-2-4-17(8-16)22(24)25/h2-4,8,13-15H,5-7,9-12H2,1H3,(H,20,23). The SMILES string of the molecule is CN(CC(=O)Nc1cccc([N+](=O)[O-])c1)C12CC3CC(CC(C3)C1)C2. The summed E-state index contributed by atoms with van der Waals surface area (Å²) >= 11 is 0. The fraction of sp³-hybridized carbons (Fsp3) is 0.632. The molecule has 4 aliphatic rings. The molecule has 4 saturated carbocycles. The van der Waals surface area contributed by atoms with Crippen molar-refractivity contribution < 1.29 is 9.72 Å². The van der Waals surface area contributed by atoms with Crippen molar-refractivity contribution in [2.75, 3.05) is 18.9 Å². The molecule has 0 aliphatic heterocycles. The van der Waals surface area contributed by atoms with Crippen LogP contribution >= 0.6 is 0 Å². The molecular formula is C19H25N3O3. The van der Waals surface area contributed by atoms with E-state index in [4.69, 9.17) is 0 Å². The van der Waals surface area contributed by atoms with Gasteiger partial charge >= 0.3 is 0 Å². The van der Waals surface area contributed by atoms with Gasteiger partial charge in [0.05, 0.1) is 11.5 Å². The van der Waals surface area contributed by atoms with E-state index < -0.39 is 4.92 Å². The number of rotatable bonds is 5. The Morgan fingerprint density at radius 2 is 1.84 bits per heavy atom. The number of hydrogen-bond donors (Lipinski definition) is 1. The molecule has 6 nitrogen and oxygen atoms in total. The second-order valence-corrected chi connectivity index (χ2v) is 8.35. The zero-order valence-electron chi connectivity index (χ0n) is 14.6. The van der Waals surface area contributed by atoms with Gasteiger partial charge in [0.15, 0.2) is 0 Å². The van der Waals surface area contributed by atoms with Crippen LogP contribution in [0.3, 0.4) is 0 Å². The monoisotopic (exact) mass is 343 g/mol. The molecule has 5 rings (SSSR count). The topological polar surface area (TPSA) is 75.5 Å². The van der Waals surface area contributed by atoms with Gasteiger partial charge in [0, 0.05) is 23.4 Å². The highest BCUT2D eigenvalue weighted by molar-refractivity contribution is 5.92. The van der Waals surface area contributed by atoms with Crippen LogP contribution in [0.15, 0.2) is 24.3 Å². The van der Waals surface area contributed by atoms with E-state index in [1.165, 1.54) is 50.7 Å². The molecule has 1 aromatic carbocycles. The van der Waals surface area contributed by atoms with Crippen LogP contribution in [0.25, 0.3) is 0 Å². The lowest BCUT2D eigenvalue weighted by Gasteiger charge is -2.59. The van der Waals surface area contributed by atoms with Gasteiger partial charge in [0.25, 0.3) is 5.69 Å². The Morgan fingerprint density at radius 1 is 1.24 bits per heavy atom. The first kappa shape index (κ1) is 16.5. The Morgan fingerprint density at radius 3 is 2.40 bits per heavy atom. The van der Waals surface area contributed by atoms with Gasteiger partial charge in [-0.1, -0.05) is 6.07 Å². The second-order valence-electron chi connectivity index (χ2n) is 8.35. The fourth-order valence-corrected chi connectivity index (χ4v) is 5.81. The van der Waals surface area contributed by atoms with E-state index in [0.29, 0.717) is 12.2 Å². The highest BCUT2D eigenvalue weighted by Gasteiger charge is 2.52. The van der Waals surface area contributed by atoms with Crippen molar-refractivity contribution in [3.8, 4) is 0 Å². The number of nitro benzene ring substituents is 1. The number of nitrogens with one attached hydrogen (secondary N) is 1. The first-order chi connectivity index (χ1) is 11.9. The van der Waals surface area contributed by atoms with Crippen LogP contribution in [0, 0.1) is 27.9 Å². The van der Waals surface area contributed by atoms with Crippen LogP contribution in [0.2, 0.25) is 0 Å². The van der Waals surface area contributed by atoms with Crippen LogP contribution in [-0.4, -0.2) is 34.9 Å². The third-order valence-corrected chi connectivity index (χ3v) is 6.54. The first-order valence-electron chi connectivity index (χ1n) is 9.19. The van der Waals surface area contributed by atoms with E-state index in [9.17, 15) is 14.9 Å². The average molecular weight is 343 g/mol. The molecule has 0 aromatic heterocycles. The number of benzene rings is 1.